The summed E-state index contributed by atoms with van der Waals surface area (Å²) < 4.78 is 0. The van der Waals surface area contributed by atoms with E-state index in [1.165, 1.54) is 12.1 Å². The summed E-state index contributed by atoms with van der Waals surface area (Å²) in [5.41, 5.74) is 7.76. The van der Waals surface area contributed by atoms with E-state index in [9.17, 15) is 29.4 Å². The van der Waals surface area contributed by atoms with Crippen LogP contribution in [0.1, 0.15) is 11.1 Å². The Morgan fingerprint density at radius 3 is 2.32 bits per heavy atom. The number of aliphatic carboxylic acids is 1. The largest absolute Gasteiger partial charge is 0.508 e. The van der Waals surface area contributed by atoms with Crippen LogP contribution in [0.5, 0.6) is 5.75 Å². The second-order valence-corrected chi connectivity index (χ2v) is 8.83. The lowest BCUT2D eigenvalue weighted by molar-refractivity contribution is -0.142. The van der Waals surface area contributed by atoms with E-state index in [2.05, 4.69) is 33.6 Å². The number of phenols is 1. The number of carboxylic acid groups (broad SMARTS) is 1. The molecule has 0 fully saturated rings. The number of fused-ring (bicyclic) bond motifs is 1. The monoisotopic (exact) mass is 527 g/mol. The number of nitrogens with one attached hydrogen (secondary N) is 4. The van der Waals surface area contributed by atoms with E-state index >= 15 is 0 Å². The molecule has 1 heterocycles. The SMILES string of the molecule is NC(CS)C(=O)NCC(=O)NC(Cc1c[nH]c2ccccc12)C(=O)NC(Cc1ccc(O)cc1)C(=O)O. The fourth-order valence-corrected chi connectivity index (χ4v) is 3.86. The molecule has 12 heteroatoms. The minimum absolute atomic E-state index is 0.0311. The molecule has 0 bridgehead atoms. The number of phenolic OH excluding ortho intramolecular Hbond substituents is 1. The highest BCUT2D eigenvalue weighted by Crippen LogP contribution is 2.19. The van der Waals surface area contributed by atoms with Gasteiger partial charge >= 0.3 is 5.97 Å². The van der Waals surface area contributed by atoms with Crippen LogP contribution in [-0.4, -0.2) is 69.3 Å². The molecule has 196 valence electrons. The number of carbonyl (C=O) groups is 4. The van der Waals surface area contributed by atoms with Crippen molar-refractivity contribution in [3.8, 4) is 5.75 Å². The van der Waals surface area contributed by atoms with Crippen LogP contribution in [0.3, 0.4) is 0 Å². The fourth-order valence-electron chi connectivity index (χ4n) is 3.70. The Kier molecular flexibility index (Phi) is 9.52. The molecule has 8 N–H and O–H groups in total. The van der Waals surface area contributed by atoms with Crippen molar-refractivity contribution in [1.29, 1.82) is 0 Å². The average molecular weight is 528 g/mol. The first kappa shape index (κ1) is 27.6. The van der Waals surface area contributed by atoms with E-state index in [4.69, 9.17) is 5.73 Å². The molecule has 3 atom stereocenters. The number of nitrogens with two attached hydrogens (primary N) is 1. The quantitative estimate of drug-likeness (QED) is 0.153. The van der Waals surface area contributed by atoms with Crippen LogP contribution in [-0.2, 0) is 32.0 Å². The van der Waals surface area contributed by atoms with Gasteiger partial charge in [0.2, 0.25) is 17.7 Å². The summed E-state index contributed by atoms with van der Waals surface area (Å²) in [5.74, 6) is -3.05. The van der Waals surface area contributed by atoms with Crippen LogP contribution in [0.15, 0.2) is 54.7 Å². The van der Waals surface area contributed by atoms with Crippen molar-refractivity contribution >= 4 is 47.2 Å². The molecule has 3 unspecified atom stereocenters. The van der Waals surface area contributed by atoms with Crippen molar-refractivity contribution in [2.45, 2.75) is 31.0 Å². The molecule has 3 rings (SSSR count). The molecule has 11 nitrogen and oxygen atoms in total. The average Bonchev–Trinajstić information content (AvgIpc) is 3.29. The van der Waals surface area contributed by atoms with Gasteiger partial charge in [0.1, 0.15) is 17.8 Å². The third kappa shape index (κ3) is 7.72. The molecule has 0 aliphatic carbocycles. The molecule has 37 heavy (non-hydrogen) atoms. The van der Waals surface area contributed by atoms with E-state index in [-0.39, 0.29) is 24.3 Å². The van der Waals surface area contributed by atoms with Crippen molar-refractivity contribution in [2.75, 3.05) is 12.3 Å². The second-order valence-electron chi connectivity index (χ2n) is 8.46. The summed E-state index contributed by atoms with van der Waals surface area (Å²) in [5, 5.41) is 27.5. The molecule has 0 radical (unpaired) electrons. The van der Waals surface area contributed by atoms with Crippen LogP contribution in [0.4, 0.5) is 0 Å². The third-order valence-electron chi connectivity index (χ3n) is 5.70. The zero-order valence-electron chi connectivity index (χ0n) is 19.8. The highest BCUT2D eigenvalue weighted by atomic mass is 32.1. The predicted octanol–water partition coefficient (Wildman–Crippen LogP) is 0.0862. The Balaban J connectivity index is 1.76. The fraction of sp³-hybridized carbons (Fsp3) is 0.280. The van der Waals surface area contributed by atoms with Crippen molar-refractivity contribution in [3.05, 3.63) is 65.9 Å². The highest BCUT2D eigenvalue weighted by Gasteiger charge is 2.28. The first-order valence-electron chi connectivity index (χ1n) is 11.5. The van der Waals surface area contributed by atoms with Gasteiger partial charge in [-0.05, 0) is 29.3 Å². The lowest BCUT2D eigenvalue weighted by Crippen LogP contribution is -2.55. The lowest BCUT2D eigenvalue weighted by atomic mass is 10.0. The molecule has 2 aromatic carbocycles. The van der Waals surface area contributed by atoms with Gasteiger partial charge in [0.25, 0.3) is 0 Å². The van der Waals surface area contributed by atoms with Crippen molar-refractivity contribution < 1.29 is 29.4 Å². The van der Waals surface area contributed by atoms with Gasteiger partial charge in [0.05, 0.1) is 12.6 Å². The molecule has 0 spiro atoms. The summed E-state index contributed by atoms with van der Waals surface area (Å²) in [6.45, 7) is -0.423. The van der Waals surface area contributed by atoms with Crippen molar-refractivity contribution in [1.82, 2.24) is 20.9 Å². The van der Waals surface area contributed by atoms with Crippen LogP contribution >= 0.6 is 12.6 Å². The molecule has 0 saturated heterocycles. The number of benzene rings is 2. The van der Waals surface area contributed by atoms with Crippen LogP contribution in [0.2, 0.25) is 0 Å². The summed E-state index contributed by atoms with van der Waals surface area (Å²) in [6, 6.07) is 10.1. The number of aromatic nitrogens is 1. The number of rotatable bonds is 12. The Morgan fingerprint density at radius 1 is 0.946 bits per heavy atom. The molecular weight excluding hydrogens is 498 g/mol. The minimum Gasteiger partial charge on any atom is -0.508 e. The topological polar surface area (TPSA) is 187 Å². The Morgan fingerprint density at radius 2 is 1.65 bits per heavy atom. The summed E-state index contributed by atoms with van der Waals surface area (Å²) in [4.78, 5) is 52.7. The Labute approximate surface area is 218 Å². The standard InChI is InChI=1S/C25H29N5O6S/c26-18(13-37)23(33)28-12-22(32)29-20(10-15-11-27-19-4-2-1-3-17(15)19)24(34)30-21(25(35)36)9-14-5-7-16(31)8-6-14/h1-8,11,18,20-21,27,31,37H,9-10,12-13,26H2,(H,28,33)(H,29,32)(H,30,34)(H,35,36). The number of aromatic hydroxyl groups is 1. The first-order chi connectivity index (χ1) is 17.7. The number of amides is 3. The number of thiol groups is 1. The normalized spacial score (nSPS) is 13.4. The maximum Gasteiger partial charge on any atom is 0.326 e. The second kappa shape index (κ2) is 12.8. The van der Waals surface area contributed by atoms with Crippen molar-refractivity contribution in [2.24, 2.45) is 5.73 Å². The summed E-state index contributed by atoms with van der Waals surface area (Å²) in [6.07, 6.45) is 1.75. The van der Waals surface area contributed by atoms with Gasteiger partial charge in [-0.3, -0.25) is 14.4 Å². The van der Waals surface area contributed by atoms with Gasteiger partial charge in [0.15, 0.2) is 0 Å². The number of hydrogen-bond donors (Lipinski definition) is 8. The molecule has 3 amide bonds. The zero-order valence-corrected chi connectivity index (χ0v) is 20.7. The summed E-state index contributed by atoms with van der Waals surface area (Å²) >= 11 is 3.95. The maximum atomic E-state index is 13.2. The van der Waals surface area contributed by atoms with E-state index in [0.717, 1.165) is 16.5 Å². The van der Waals surface area contributed by atoms with E-state index < -0.39 is 48.4 Å². The van der Waals surface area contributed by atoms with Crippen LogP contribution in [0.25, 0.3) is 10.9 Å². The maximum absolute atomic E-state index is 13.2. The Bertz CT molecular complexity index is 1260. The van der Waals surface area contributed by atoms with Gasteiger partial charge < -0.3 is 36.9 Å². The third-order valence-corrected chi connectivity index (χ3v) is 6.09. The molecule has 0 aliphatic heterocycles. The zero-order chi connectivity index (χ0) is 26.9. The van der Waals surface area contributed by atoms with Crippen molar-refractivity contribution in [3.63, 3.8) is 0 Å². The first-order valence-corrected chi connectivity index (χ1v) is 12.1. The van der Waals surface area contributed by atoms with Crippen LogP contribution in [0, 0.1) is 0 Å². The molecular formula is C25H29N5O6S. The van der Waals surface area contributed by atoms with Gasteiger partial charge in [-0.1, -0.05) is 30.3 Å². The van der Waals surface area contributed by atoms with E-state index in [1.54, 1.807) is 18.3 Å². The number of aromatic amines is 1. The minimum atomic E-state index is -1.28. The van der Waals surface area contributed by atoms with Gasteiger partial charge in [0, 0.05) is 35.7 Å². The molecule has 3 aromatic rings. The molecule has 0 saturated carbocycles. The molecule has 1 aromatic heterocycles. The van der Waals surface area contributed by atoms with Crippen LogP contribution < -0.4 is 21.7 Å². The molecule has 0 aliphatic rings. The highest BCUT2D eigenvalue weighted by molar-refractivity contribution is 7.80. The number of para-hydroxylation sites is 1. The van der Waals surface area contributed by atoms with Gasteiger partial charge in [-0.25, -0.2) is 4.79 Å². The number of carbonyl (C=O) groups excluding carboxylic acids is 3. The number of hydrogen-bond acceptors (Lipinski definition) is 7. The Hall–Kier alpha value is -4.03. The smallest absolute Gasteiger partial charge is 0.326 e. The van der Waals surface area contributed by atoms with E-state index in [0.29, 0.717) is 5.56 Å². The summed E-state index contributed by atoms with van der Waals surface area (Å²) in [7, 11) is 0. The van der Waals surface area contributed by atoms with Gasteiger partial charge in [-0.15, -0.1) is 0 Å². The lowest BCUT2D eigenvalue weighted by Gasteiger charge is -2.22. The predicted molar refractivity (Wildman–Crippen MR) is 140 cm³/mol. The van der Waals surface area contributed by atoms with E-state index in [1.807, 2.05) is 24.3 Å². The van der Waals surface area contributed by atoms with Gasteiger partial charge in [-0.2, -0.15) is 12.6 Å². The number of H-pyrrole nitrogens is 1. The number of carboxylic acids is 1.